The molecule has 0 aliphatic carbocycles. The molecule has 0 bridgehead atoms. The van der Waals surface area contributed by atoms with Gasteiger partial charge in [0.15, 0.2) is 0 Å². The normalized spacial score (nSPS) is 11.4. The molecule has 0 unspecified atom stereocenters. The van der Waals surface area contributed by atoms with Crippen molar-refractivity contribution in [2.24, 2.45) is 7.05 Å². The molecule has 0 amide bonds. The summed E-state index contributed by atoms with van der Waals surface area (Å²) in [6, 6.07) is 4.28. The molecule has 0 aliphatic heterocycles. The van der Waals surface area contributed by atoms with Crippen LogP contribution in [-0.2, 0) is 26.6 Å². The maximum absolute atomic E-state index is 4.52. The second-order valence-electron chi connectivity index (χ2n) is 4.44. The zero-order valence-electron chi connectivity index (χ0n) is 11.0. The minimum atomic E-state index is 0.905. The quantitative estimate of drug-likeness (QED) is 0.838. The maximum atomic E-state index is 4.52. The SMILES string of the molecule is CCc1nn(C)c(CN(C)Cc2cccs2)c1Br. The maximum Gasteiger partial charge on any atom is 0.0767 e. The molecular weight excluding hydrogens is 310 g/mol. The van der Waals surface area contributed by atoms with Gasteiger partial charge in [-0.25, -0.2) is 0 Å². The summed E-state index contributed by atoms with van der Waals surface area (Å²) in [4.78, 5) is 3.71. The molecule has 5 heteroatoms. The Morgan fingerprint density at radius 1 is 1.44 bits per heavy atom. The topological polar surface area (TPSA) is 21.1 Å². The lowest BCUT2D eigenvalue weighted by atomic mass is 10.3. The molecule has 0 N–H and O–H groups in total. The van der Waals surface area contributed by atoms with Crippen LogP contribution in [0.25, 0.3) is 0 Å². The standard InChI is InChI=1S/C13H18BrN3S/c1-4-11-13(14)12(17(3)15-11)9-16(2)8-10-6-5-7-18-10/h5-7H,4,8-9H2,1-3H3. The van der Waals surface area contributed by atoms with Gasteiger partial charge in [0, 0.05) is 25.0 Å². The van der Waals surface area contributed by atoms with E-state index in [-0.39, 0.29) is 0 Å². The Morgan fingerprint density at radius 3 is 2.78 bits per heavy atom. The van der Waals surface area contributed by atoms with Crippen molar-refractivity contribution >= 4 is 27.3 Å². The lowest BCUT2D eigenvalue weighted by Gasteiger charge is -2.16. The minimum Gasteiger partial charge on any atom is -0.295 e. The lowest BCUT2D eigenvalue weighted by Crippen LogP contribution is -2.18. The first-order valence-electron chi connectivity index (χ1n) is 6.03. The molecule has 0 spiro atoms. The Hall–Kier alpha value is -0.650. The average Bonchev–Trinajstić information content (AvgIpc) is 2.92. The van der Waals surface area contributed by atoms with Crippen molar-refractivity contribution < 1.29 is 0 Å². The van der Waals surface area contributed by atoms with Crippen LogP contribution in [0, 0.1) is 0 Å². The van der Waals surface area contributed by atoms with E-state index in [4.69, 9.17) is 0 Å². The number of hydrogen-bond donors (Lipinski definition) is 0. The van der Waals surface area contributed by atoms with Crippen LogP contribution in [0.4, 0.5) is 0 Å². The third-order valence-electron chi connectivity index (χ3n) is 2.93. The summed E-state index contributed by atoms with van der Waals surface area (Å²) < 4.78 is 3.14. The van der Waals surface area contributed by atoms with Gasteiger partial charge >= 0.3 is 0 Å². The number of nitrogens with zero attached hydrogens (tertiary/aromatic N) is 3. The molecule has 0 aromatic carbocycles. The van der Waals surface area contributed by atoms with Crippen LogP contribution in [0.1, 0.15) is 23.2 Å². The van der Waals surface area contributed by atoms with E-state index in [1.165, 1.54) is 10.6 Å². The molecular formula is C13H18BrN3S. The van der Waals surface area contributed by atoms with Crippen molar-refractivity contribution in [1.82, 2.24) is 14.7 Å². The van der Waals surface area contributed by atoms with Gasteiger partial charge in [-0.2, -0.15) is 5.10 Å². The number of hydrogen-bond acceptors (Lipinski definition) is 3. The molecule has 2 rings (SSSR count). The summed E-state index contributed by atoms with van der Waals surface area (Å²) in [7, 11) is 4.16. The fourth-order valence-corrected chi connectivity index (χ4v) is 3.50. The fourth-order valence-electron chi connectivity index (χ4n) is 1.97. The smallest absolute Gasteiger partial charge is 0.0767 e. The van der Waals surface area contributed by atoms with E-state index in [9.17, 15) is 0 Å². The van der Waals surface area contributed by atoms with Crippen LogP contribution >= 0.6 is 27.3 Å². The van der Waals surface area contributed by atoms with Crippen molar-refractivity contribution in [1.29, 1.82) is 0 Å². The number of aryl methyl sites for hydroxylation is 2. The molecule has 2 aromatic heterocycles. The molecule has 2 heterocycles. The summed E-state index contributed by atoms with van der Waals surface area (Å²) in [5, 5.41) is 6.65. The van der Waals surface area contributed by atoms with Crippen LogP contribution in [0.3, 0.4) is 0 Å². The van der Waals surface area contributed by atoms with Crippen molar-refractivity contribution in [3.05, 3.63) is 38.3 Å². The first-order chi connectivity index (χ1) is 8.61. The van der Waals surface area contributed by atoms with Crippen molar-refractivity contribution in [2.45, 2.75) is 26.4 Å². The molecule has 0 fully saturated rings. The van der Waals surface area contributed by atoms with Crippen LogP contribution in [0.15, 0.2) is 22.0 Å². The molecule has 0 atom stereocenters. The van der Waals surface area contributed by atoms with Gasteiger partial charge in [0.25, 0.3) is 0 Å². The van der Waals surface area contributed by atoms with Gasteiger partial charge in [0.1, 0.15) is 0 Å². The summed E-state index contributed by atoms with van der Waals surface area (Å²) >= 11 is 5.47. The summed E-state index contributed by atoms with van der Waals surface area (Å²) in [5.41, 5.74) is 2.38. The van der Waals surface area contributed by atoms with E-state index in [0.717, 1.165) is 29.7 Å². The first-order valence-corrected chi connectivity index (χ1v) is 7.70. The Balaban J connectivity index is 2.07. The second kappa shape index (κ2) is 5.99. The molecule has 98 valence electrons. The van der Waals surface area contributed by atoms with Gasteiger partial charge in [0.05, 0.1) is 15.9 Å². The van der Waals surface area contributed by atoms with Crippen LogP contribution in [-0.4, -0.2) is 21.7 Å². The van der Waals surface area contributed by atoms with Gasteiger partial charge in [-0.1, -0.05) is 13.0 Å². The predicted molar refractivity (Wildman–Crippen MR) is 79.8 cm³/mol. The van der Waals surface area contributed by atoms with E-state index < -0.39 is 0 Å². The average molecular weight is 328 g/mol. The van der Waals surface area contributed by atoms with Crippen molar-refractivity contribution in [3.63, 3.8) is 0 Å². The number of aromatic nitrogens is 2. The molecule has 0 aliphatic rings. The highest BCUT2D eigenvalue weighted by Crippen LogP contribution is 2.23. The Morgan fingerprint density at radius 2 is 2.22 bits per heavy atom. The molecule has 0 saturated heterocycles. The van der Waals surface area contributed by atoms with Gasteiger partial charge in [-0.05, 0) is 40.8 Å². The van der Waals surface area contributed by atoms with Gasteiger partial charge in [-0.3, -0.25) is 9.58 Å². The molecule has 2 aromatic rings. The number of thiophene rings is 1. The summed E-state index contributed by atoms with van der Waals surface area (Å²) in [6.45, 7) is 4.02. The van der Waals surface area contributed by atoms with Crippen LogP contribution in [0.2, 0.25) is 0 Å². The largest absolute Gasteiger partial charge is 0.295 e. The Bertz CT molecular complexity index is 505. The minimum absolute atomic E-state index is 0.905. The predicted octanol–water partition coefficient (Wildman–Crippen LogP) is 3.44. The second-order valence-corrected chi connectivity index (χ2v) is 6.26. The highest BCUT2D eigenvalue weighted by Gasteiger charge is 2.14. The summed E-state index contributed by atoms with van der Waals surface area (Å²) in [5.74, 6) is 0. The highest BCUT2D eigenvalue weighted by molar-refractivity contribution is 9.10. The highest BCUT2D eigenvalue weighted by atomic mass is 79.9. The van der Waals surface area contributed by atoms with Crippen molar-refractivity contribution in [3.8, 4) is 0 Å². The monoisotopic (exact) mass is 327 g/mol. The Kier molecular flexibility index (Phi) is 4.59. The van der Waals surface area contributed by atoms with E-state index in [0.29, 0.717) is 0 Å². The summed E-state index contributed by atoms with van der Waals surface area (Å²) in [6.07, 6.45) is 0.961. The number of rotatable bonds is 5. The van der Waals surface area contributed by atoms with Gasteiger partial charge < -0.3 is 0 Å². The van der Waals surface area contributed by atoms with Crippen LogP contribution in [0.5, 0.6) is 0 Å². The number of halogens is 1. The molecule has 0 radical (unpaired) electrons. The third-order valence-corrected chi connectivity index (χ3v) is 4.71. The van der Waals surface area contributed by atoms with E-state index in [1.54, 1.807) is 11.3 Å². The fraction of sp³-hybridized carbons (Fsp3) is 0.462. The molecule has 18 heavy (non-hydrogen) atoms. The van der Waals surface area contributed by atoms with Crippen molar-refractivity contribution in [2.75, 3.05) is 7.05 Å². The first kappa shape index (κ1) is 13.8. The van der Waals surface area contributed by atoms with Gasteiger partial charge in [0.2, 0.25) is 0 Å². The zero-order chi connectivity index (χ0) is 13.1. The molecule has 3 nitrogen and oxygen atoms in total. The van der Waals surface area contributed by atoms with E-state index in [2.05, 4.69) is 57.4 Å². The third kappa shape index (κ3) is 3.02. The van der Waals surface area contributed by atoms with Crippen LogP contribution < -0.4 is 0 Å². The van der Waals surface area contributed by atoms with Gasteiger partial charge in [-0.15, -0.1) is 11.3 Å². The zero-order valence-corrected chi connectivity index (χ0v) is 13.4. The van der Waals surface area contributed by atoms with E-state index in [1.807, 2.05) is 11.7 Å². The van der Waals surface area contributed by atoms with E-state index >= 15 is 0 Å². The molecule has 0 saturated carbocycles. The lowest BCUT2D eigenvalue weighted by molar-refractivity contribution is 0.311. The Labute approximate surface area is 121 Å².